The maximum absolute atomic E-state index is 13.5. The summed E-state index contributed by atoms with van der Waals surface area (Å²) in [7, 11) is 0. The normalized spacial score (nSPS) is 22.3. The largest absolute Gasteiger partial charge is 0.490 e. The summed E-state index contributed by atoms with van der Waals surface area (Å²) in [6, 6.07) is 7.56. The van der Waals surface area contributed by atoms with Gasteiger partial charge in [0.05, 0.1) is 17.0 Å². The van der Waals surface area contributed by atoms with Crippen LogP contribution in [0.4, 0.5) is 26.3 Å². The Morgan fingerprint density at radius 3 is 2.36 bits per heavy atom. The summed E-state index contributed by atoms with van der Waals surface area (Å²) < 4.78 is 86.4. The van der Waals surface area contributed by atoms with Crippen LogP contribution >= 0.6 is 0 Å². The fourth-order valence-electron chi connectivity index (χ4n) is 6.11. The smallest absolute Gasteiger partial charge is 0.416 e. The molecule has 0 aromatic heterocycles. The van der Waals surface area contributed by atoms with Crippen molar-refractivity contribution in [3.05, 3.63) is 64.2 Å². The van der Waals surface area contributed by atoms with Crippen molar-refractivity contribution in [1.82, 2.24) is 4.90 Å². The summed E-state index contributed by atoms with van der Waals surface area (Å²) in [5.74, 6) is -0.328. The highest BCUT2D eigenvalue weighted by Gasteiger charge is 2.41. The topological polar surface area (TPSA) is 49.8 Å². The third kappa shape index (κ3) is 6.05. The van der Waals surface area contributed by atoms with Crippen LogP contribution in [0.2, 0.25) is 0 Å². The molecule has 2 aromatic carbocycles. The molecule has 39 heavy (non-hydrogen) atoms. The van der Waals surface area contributed by atoms with Crippen LogP contribution in [0.15, 0.2) is 36.4 Å². The van der Waals surface area contributed by atoms with Crippen LogP contribution in [0.3, 0.4) is 0 Å². The first-order chi connectivity index (χ1) is 18.3. The van der Waals surface area contributed by atoms with E-state index >= 15 is 0 Å². The van der Waals surface area contributed by atoms with Gasteiger partial charge >= 0.3 is 18.3 Å². The van der Waals surface area contributed by atoms with E-state index in [1.165, 1.54) is 0 Å². The number of alkyl halides is 6. The standard InChI is InChI=1S/C29H31F6NO3/c1-16(27(37)38)26(18-6-7-18)19-8-5-17-3-2-4-24(39-25(17)12-19)21-14-36(15-21)13-20-11-22(28(30,31)32)9-10-23(20)29(33,34)35/h5,8-12,16,18,21,24,26H,2-4,6-7,13-15H2,1H3,(H,37,38)/t16-,24+,26-/m0/s1. The molecule has 4 nitrogen and oxygen atoms in total. The van der Waals surface area contributed by atoms with Crippen molar-refractivity contribution < 1.29 is 41.0 Å². The minimum atomic E-state index is -4.74. The Labute approximate surface area is 222 Å². The molecule has 5 rings (SSSR count). The lowest BCUT2D eigenvalue weighted by Crippen LogP contribution is -2.52. The van der Waals surface area contributed by atoms with E-state index in [1.54, 1.807) is 11.8 Å². The number of hydrogen-bond donors (Lipinski definition) is 1. The van der Waals surface area contributed by atoms with Gasteiger partial charge in [-0.3, -0.25) is 9.69 Å². The number of carboxylic acid groups (broad SMARTS) is 1. The molecule has 3 aliphatic rings. The summed E-state index contributed by atoms with van der Waals surface area (Å²) in [6.45, 7) is 2.36. The number of halogens is 6. The molecule has 0 unspecified atom stereocenters. The van der Waals surface area contributed by atoms with E-state index in [4.69, 9.17) is 4.74 Å². The molecule has 212 valence electrons. The van der Waals surface area contributed by atoms with Crippen LogP contribution in [0, 0.1) is 17.8 Å². The second-order valence-corrected chi connectivity index (χ2v) is 11.2. The number of aliphatic carboxylic acids is 1. The Kier molecular flexibility index (Phi) is 7.37. The van der Waals surface area contributed by atoms with Gasteiger partial charge in [0.1, 0.15) is 11.9 Å². The average Bonchev–Trinajstić information content (AvgIpc) is 3.67. The van der Waals surface area contributed by atoms with E-state index in [0.717, 1.165) is 49.0 Å². The van der Waals surface area contributed by atoms with Crippen LogP contribution < -0.4 is 4.74 Å². The van der Waals surface area contributed by atoms with Crippen LogP contribution in [0.25, 0.3) is 0 Å². The highest BCUT2D eigenvalue weighted by atomic mass is 19.4. The number of carbonyl (C=O) groups is 1. The molecule has 2 fully saturated rings. The van der Waals surface area contributed by atoms with E-state index < -0.39 is 35.4 Å². The Balaban J connectivity index is 1.28. The third-order valence-corrected chi connectivity index (χ3v) is 8.39. The first-order valence-corrected chi connectivity index (χ1v) is 13.3. The van der Waals surface area contributed by atoms with Crippen molar-refractivity contribution in [2.75, 3.05) is 13.1 Å². The molecule has 1 saturated heterocycles. The summed E-state index contributed by atoms with van der Waals surface area (Å²) in [4.78, 5) is 13.5. The molecule has 1 saturated carbocycles. The zero-order chi connectivity index (χ0) is 28.1. The van der Waals surface area contributed by atoms with Crippen LogP contribution in [-0.4, -0.2) is 35.2 Å². The minimum Gasteiger partial charge on any atom is -0.490 e. The van der Waals surface area contributed by atoms with Gasteiger partial charge < -0.3 is 9.84 Å². The fourth-order valence-corrected chi connectivity index (χ4v) is 6.11. The van der Waals surface area contributed by atoms with Gasteiger partial charge in [0.15, 0.2) is 0 Å². The molecule has 2 heterocycles. The van der Waals surface area contributed by atoms with Crippen molar-refractivity contribution in [2.45, 2.75) is 69.9 Å². The molecule has 10 heteroatoms. The molecule has 1 aliphatic carbocycles. The van der Waals surface area contributed by atoms with Crippen molar-refractivity contribution >= 4 is 5.97 Å². The number of ether oxygens (including phenoxy) is 1. The first-order valence-electron chi connectivity index (χ1n) is 13.3. The Bertz CT molecular complexity index is 1220. The van der Waals surface area contributed by atoms with Gasteiger partial charge in [0.2, 0.25) is 0 Å². The van der Waals surface area contributed by atoms with Gasteiger partial charge in [-0.1, -0.05) is 19.1 Å². The van der Waals surface area contributed by atoms with Gasteiger partial charge in [-0.2, -0.15) is 26.3 Å². The molecular formula is C29H31F6NO3. The van der Waals surface area contributed by atoms with E-state index in [9.17, 15) is 36.2 Å². The summed E-state index contributed by atoms with van der Waals surface area (Å²) in [6.07, 6.45) is -5.19. The molecule has 0 amide bonds. The number of aryl methyl sites for hydroxylation is 1. The zero-order valence-electron chi connectivity index (χ0n) is 21.5. The van der Waals surface area contributed by atoms with Crippen LogP contribution in [0.1, 0.15) is 66.3 Å². The molecule has 0 bridgehead atoms. The molecule has 0 radical (unpaired) electrons. The van der Waals surface area contributed by atoms with Gasteiger partial charge in [-0.05, 0) is 84.9 Å². The third-order valence-electron chi connectivity index (χ3n) is 8.39. The fraction of sp³-hybridized carbons (Fsp3) is 0.552. The Morgan fingerprint density at radius 1 is 1.03 bits per heavy atom. The second-order valence-electron chi connectivity index (χ2n) is 11.2. The predicted octanol–water partition coefficient (Wildman–Crippen LogP) is 7.15. The minimum absolute atomic E-state index is 0.0388. The second kappa shape index (κ2) is 10.3. The lowest BCUT2D eigenvalue weighted by atomic mass is 9.82. The number of fused-ring (bicyclic) bond motifs is 1. The maximum Gasteiger partial charge on any atom is 0.416 e. The van der Waals surface area contributed by atoms with Gasteiger partial charge in [0, 0.05) is 25.6 Å². The average molecular weight is 556 g/mol. The number of nitrogens with zero attached hydrogens (tertiary/aromatic N) is 1. The number of likely N-dealkylation sites (tertiary alicyclic amines) is 1. The Morgan fingerprint density at radius 2 is 1.74 bits per heavy atom. The molecule has 0 spiro atoms. The molecule has 2 aliphatic heterocycles. The van der Waals surface area contributed by atoms with Gasteiger partial charge in [-0.15, -0.1) is 0 Å². The van der Waals surface area contributed by atoms with E-state index in [0.29, 0.717) is 37.2 Å². The number of carboxylic acids is 1. The summed E-state index contributed by atoms with van der Waals surface area (Å²) in [5.41, 5.74) is -0.526. The molecule has 3 atom stereocenters. The van der Waals surface area contributed by atoms with E-state index in [-0.39, 0.29) is 30.0 Å². The van der Waals surface area contributed by atoms with Gasteiger partial charge in [-0.25, -0.2) is 0 Å². The lowest BCUT2D eigenvalue weighted by Gasteiger charge is -2.43. The number of benzene rings is 2. The van der Waals surface area contributed by atoms with Crippen molar-refractivity contribution in [1.29, 1.82) is 0 Å². The summed E-state index contributed by atoms with van der Waals surface area (Å²) in [5, 5.41) is 9.62. The van der Waals surface area contributed by atoms with Crippen LogP contribution in [0.5, 0.6) is 5.75 Å². The first kappa shape index (κ1) is 27.8. The predicted molar refractivity (Wildman–Crippen MR) is 131 cm³/mol. The lowest BCUT2D eigenvalue weighted by molar-refractivity contribution is -0.142. The maximum atomic E-state index is 13.5. The zero-order valence-corrected chi connectivity index (χ0v) is 21.5. The quantitative estimate of drug-likeness (QED) is 0.369. The van der Waals surface area contributed by atoms with Crippen LogP contribution in [-0.2, 0) is 30.1 Å². The van der Waals surface area contributed by atoms with Crippen molar-refractivity contribution in [3.8, 4) is 5.75 Å². The van der Waals surface area contributed by atoms with Crippen molar-refractivity contribution in [2.24, 2.45) is 17.8 Å². The highest BCUT2D eigenvalue weighted by Crippen LogP contribution is 2.48. The molecular weight excluding hydrogens is 524 g/mol. The molecule has 1 N–H and O–H groups in total. The van der Waals surface area contributed by atoms with Crippen molar-refractivity contribution in [3.63, 3.8) is 0 Å². The van der Waals surface area contributed by atoms with Gasteiger partial charge in [0.25, 0.3) is 0 Å². The Hall–Kier alpha value is -2.75. The monoisotopic (exact) mass is 555 g/mol. The van der Waals surface area contributed by atoms with E-state index in [1.807, 2.05) is 18.2 Å². The SMILES string of the molecule is C[C@H](C(=O)O)[C@H](c1ccc2c(c1)O[C@@H](C1CN(Cc3cc(C(F)(F)F)ccc3C(F)(F)F)C1)CCC2)C1CC1. The molecule has 2 aromatic rings. The van der Waals surface area contributed by atoms with E-state index in [2.05, 4.69) is 0 Å². The summed E-state index contributed by atoms with van der Waals surface area (Å²) >= 11 is 0. The number of hydrogen-bond acceptors (Lipinski definition) is 3. The number of rotatable bonds is 7. The highest BCUT2D eigenvalue weighted by molar-refractivity contribution is 5.71.